The molecular weight excluding hydrogens is 343 g/mol. The maximum atomic E-state index is 13.4. The Kier molecular flexibility index (Phi) is 3.36. The quantitative estimate of drug-likeness (QED) is 0.408. The Morgan fingerprint density at radius 1 is 1.04 bits per heavy atom. The zero-order valence-corrected chi connectivity index (χ0v) is 13.0. The van der Waals surface area contributed by atoms with Crippen LogP contribution >= 0.6 is 0 Å². The fourth-order valence-corrected chi connectivity index (χ4v) is 2.68. The number of phenols is 2. The Labute approximate surface area is 143 Å². The van der Waals surface area contributed by atoms with Gasteiger partial charge in [0.15, 0.2) is 0 Å². The van der Waals surface area contributed by atoms with Crippen molar-refractivity contribution in [3.63, 3.8) is 0 Å². The fraction of sp³-hybridized carbons (Fsp3) is 0. The van der Waals surface area contributed by atoms with Crippen molar-refractivity contribution in [2.45, 2.75) is 0 Å². The number of fused-ring (bicyclic) bond motifs is 3. The van der Waals surface area contributed by atoms with E-state index in [1.807, 2.05) is 0 Å². The Balaban J connectivity index is 1.91. The number of halogens is 1. The normalized spacial score (nSPS) is 11.7. The molecule has 0 spiro atoms. The van der Waals surface area contributed by atoms with Gasteiger partial charge in [0.1, 0.15) is 22.8 Å². The number of aromatic hydroxyl groups is 2. The summed E-state index contributed by atoms with van der Waals surface area (Å²) in [5.74, 6) is -0.897. The van der Waals surface area contributed by atoms with Crippen LogP contribution in [0.3, 0.4) is 0 Å². The molecule has 130 valence electrons. The van der Waals surface area contributed by atoms with Crippen LogP contribution in [0.4, 0.5) is 4.39 Å². The third-order valence-electron chi connectivity index (χ3n) is 3.92. The molecule has 4 aromatic rings. The lowest BCUT2D eigenvalue weighted by Crippen LogP contribution is -2.32. The highest BCUT2D eigenvalue weighted by Crippen LogP contribution is 2.22. The molecule has 0 aliphatic heterocycles. The Morgan fingerprint density at radius 2 is 1.85 bits per heavy atom. The van der Waals surface area contributed by atoms with Crippen molar-refractivity contribution in [2.24, 2.45) is 5.10 Å². The molecule has 2 aromatic heterocycles. The largest absolute Gasteiger partial charge is 0.508 e. The number of H-pyrrole nitrogens is 2. The summed E-state index contributed by atoms with van der Waals surface area (Å²) >= 11 is 0. The molecule has 0 radical (unpaired) electrons. The number of nitrogens with one attached hydrogen (secondary N) is 2. The molecule has 0 saturated heterocycles. The van der Waals surface area contributed by atoms with E-state index in [0.717, 1.165) is 12.3 Å². The topological polar surface area (TPSA) is 123 Å². The van der Waals surface area contributed by atoms with Gasteiger partial charge in [0.25, 0.3) is 0 Å². The smallest absolute Gasteiger partial charge is 0.350 e. The van der Waals surface area contributed by atoms with Crippen molar-refractivity contribution in [3.8, 4) is 11.5 Å². The van der Waals surface area contributed by atoms with Crippen molar-refractivity contribution in [1.82, 2.24) is 14.6 Å². The average molecular weight is 354 g/mol. The van der Waals surface area contributed by atoms with Crippen LogP contribution in [0.1, 0.15) is 5.56 Å². The van der Waals surface area contributed by atoms with Crippen molar-refractivity contribution < 1.29 is 14.6 Å². The van der Waals surface area contributed by atoms with Crippen LogP contribution in [-0.2, 0) is 0 Å². The SMILES string of the molecule is O=c1[nH]c2c([nH]c3ccc(F)cc32)c(=O)n1N=Cc1ccc(O)cc1O. The highest BCUT2D eigenvalue weighted by Gasteiger charge is 2.13. The van der Waals surface area contributed by atoms with E-state index in [0.29, 0.717) is 15.6 Å². The Hall–Kier alpha value is -3.88. The van der Waals surface area contributed by atoms with E-state index in [4.69, 9.17) is 0 Å². The van der Waals surface area contributed by atoms with E-state index in [1.54, 1.807) is 0 Å². The summed E-state index contributed by atoms with van der Waals surface area (Å²) in [6, 6.07) is 7.71. The molecule has 0 bridgehead atoms. The van der Waals surface area contributed by atoms with Gasteiger partial charge >= 0.3 is 11.2 Å². The van der Waals surface area contributed by atoms with Crippen LogP contribution in [0, 0.1) is 5.82 Å². The lowest BCUT2D eigenvalue weighted by molar-refractivity contribution is 0.450. The van der Waals surface area contributed by atoms with Crippen LogP contribution in [0.15, 0.2) is 51.1 Å². The van der Waals surface area contributed by atoms with E-state index >= 15 is 0 Å². The van der Waals surface area contributed by atoms with E-state index in [2.05, 4.69) is 15.1 Å². The molecule has 4 rings (SSSR count). The van der Waals surface area contributed by atoms with E-state index < -0.39 is 17.1 Å². The van der Waals surface area contributed by atoms with Crippen molar-refractivity contribution >= 4 is 28.2 Å². The van der Waals surface area contributed by atoms with Gasteiger partial charge in [0.05, 0.1) is 11.7 Å². The molecule has 0 atom stereocenters. The average Bonchev–Trinajstić information content (AvgIpc) is 2.94. The number of hydrogen-bond donors (Lipinski definition) is 4. The number of aromatic nitrogens is 3. The van der Waals surface area contributed by atoms with Crippen LogP contribution in [0.2, 0.25) is 0 Å². The molecule has 0 aliphatic rings. The van der Waals surface area contributed by atoms with Gasteiger partial charge in [-0.05, 0) is 30.3 Å². The molecule has 0 saturated carbocycles. The summed E-state index contributed by atoms with van der Waals surface area (Å²) in [5, 5.41) is 23.2. The first kappa shape index (κ1) is 15.6. The van der Waals surface area contributed by atoms with E-state index in [-0.39, 0.29) is 28.1 Å². The molecule has 0 fully saturated rings. The predicted molar refractivity (Wildman–Crippen MR) is 93.4 cm³/mol. The van der Waals surface area contributed by atoms with E-state index in [9.17, 15) is 24.2 Å². The van der Waals surface area contributed by atoms with Crippen LogP contribution < -0.4 is 11.2 Å². The Morgan fingerprint density at radius 3 is 2.62 bits per heavy atom. The maximum absolute atomic E-state index is 13.4. The second-order valence-corrected chi connectivity index (χ2v) is 5.60. The first-order valence-electron chi connectivity index (χ1n) is 7.46. The third kappa shape index (κ3) is 2.42. The van der Waals surface area contributed by atoms with Crippen molar-refractivity contribution in [3.05, 3.63) is 68.6 Å². The number of benzene rings is 2. The molecule has 26 heavy (non-hydrogen) atoms. The lowest BCUT2D eigenvalue weighted by atomic mass is 10.2. The monoisotopic (exact) mass is 354 g/mol. The number of nitrogens with zero attached hydrogens (tertiary/aromatic N) is 2. The minimum absolute atomic E-state index is 0.0669. The van der Waals surface area contributed by atoms with Gasteiger partial charge in [-0.2, -0.15) is 5.10 Å². The Bertz CT molecular complexity index is 1320. The molecule has 0 unspecified atom stereocenters. The zero-order chi connectivity index (χ0) is 18.4. The van der Waals surface area contributed by atoms with Crippen LogP contribution in [-0.4, -0.2) is 31.1 Å². The summed E-state index contributed by atoms with van der Waals surface area (Å²) in [7, 11) is 0. The molecule has 8 nitrogen and oxygen atoms in total. The third-order valence-corrected chi connectivity index (χ3v) is 3.92. The number of aromatic amines is 2. The van der Waals surface area contributed by atoms with Gasteiger partial charge in [-0.15, -0.1) is 4.68 Å². The summed E-state index contributed by atoms with van der Waals surface area (Å²) in [6.45, 7) is 0. The number of phenolic OH excluding ortho intramolecular Hbond substituents is 2. The van der Waals surface area contributed by atoms with Gasteiger partial charge in [-0.1, -0.05) is 0 Å². The van der Waals surface area contributed by atoms with Crippen LogP contribution in [0.5, 0.6) is 11.5 Å². The molecule has 0 amide bonds. The molecule has 0 aliphatic carbocycles. The lowest BCUT2D eigenvalue weighted by Gasteiger charge is -2.00. The molecule has 2 heterocycles. The first-order valence-corrected chi connectivity index (χ1v) is 7.46. The van der Waals surface area contributed by atoms with Crippen LogP contribution in [0.25, 0.3) is 21.9 Å². The fourth-order valence-electron chi connectivity index (χ4n) is 2.68. The van der Waals surface area contributed by atoms with E-state index in [1.165, 1.54) is 30.3 Å². The predicted octanol–water partition coefficient (Wildman–Crippen LogP) is 1.60. The zero-order valence-electron chi connectivity index (χ0n) is 13.0. The molecule has 2 aromatic carbocycles. The summed E-state index contributed by atoms with van der Waals surface area (Å²) in [6.07, 6.45) is 1.11. The van der Waals surface area contributed by atoms with Gasteiger partial charge < -0.3 is 20.2 Å². The molecule has 9 heteroatoms. The standard InChI is InChI=1S/C17H11FN4O4/c18-9-2-4-12-11(5-9)14-15(20-12)16(25)22(17(26)21-14)19-7-8-1-3-10(23)6-13(8)24/h1-7,20,23-24H,(H,21,26). The molecule has 4 N–H and O–H groups in total. The number of hydrogen-bond acceptors (Lipinski definition) is 5. The maximum Gasteiger partial charge on any atom is 0.350 e. The highest BCUT2D eigenvalue weighted by molar-refractivity contribution is 6.04. The second-order valence-electron chi connectivity index (χ2n) is 5.60. The summed E-state index contributed by atoms with van der Waals surface area (Å²) in [5.41, 5.74) is -0.595. The van der Waals surface area contributed by atoms with Gasteiger partial charge in [0.2, 0.25) is 0 Å². The molecular formula is C17H11FN4O4. The minimum Gasteiger partial charge on any atom is -0.508 e. The highest BCUT2D eigenvalue weighted by atomic mass is 19.1. The first-order chi connectivity index (χ1) is 12.4. The number of rotatable bonds is 2. The van der Waals surface area contributed by atoms with Crippen molar-refractivity contribution in [2.75, 3.05) is 0 Å². The summed E-state index contributed by atoms with van der Waals surface area (Å²) < 4.78 is 14.0. The minimum atomic E-state index is -0.817. The van der Waals surface area contributed by atoms with Crippen molar-refractivity contribution in [1.29, 1.82) is 0 Å². The second kappa shape index (κ2) is 5.59. The van der Waals surface area contributed by atoms with Gasteiger partial charge in [-0.3, -0.25) is 4.79 Å². The summed E-state index contributed by atoms with van der Waals surface area (Å²) in [4.78, 5) is 30.1. The van der Waals surface area contributed by atoms with Gasteiger partial charge in [0, 0.05) is 22.5 Å². The van der Waals surface area contributed by atoms with Gasteiger partial charge in [-0.25, -0.2) is 9.18 Å².